The summed E-state index contributed by atoms with van der Waals surface area (Å²) in [6.07, 6.45) is 0. The average molecular weight is 526 g/mol. The number of nitrogens with zero attached hydrogens (tertiary/aromatic N) is 1. The minimum atomic E-state index is -0.0669. The molecule has 2 heterocycles. The second-order valence-electron chi connectivity index (χ2n) is 11.8. The first-order chi connectivity index (χ1) is 20.1. The molecule has 0 radical (unpaired) electrons. The highest BCUT2D eigenvalue weighted by Crippen LogP contribution is 2.51. The van der Waals surface area contributed by atoms with Crippen molar-refractivity contribution in [2.24, 2.45) is 0 Å². The molecule has 1 aliphatic carbocycles. The summed E-state index contributed by atoms with van der Waals surface area (Å²) in [5.41, 5.74) is 13.1. The van der Waals surface area contributed by atoms with Crippen LogP contribution in [-0.2, 0) is 5.41 Å². The molecule has 0 amide bonds. The van der Waals surface area contributed by atoms with Crippen molar-refractivity contribution in [2.45, 2.75) is 19.3 Å². The van der Waals surface area contributed by atoms with Crippen molar-refractivity contribution >= 4 is 43.7 Å². The van der Waals surface area contributed by atoms with Crippen molar-refractivity contribution in [3.63, 3.8) is 0 Å². The van der Waals surface area contributed by atoms with Crippen molar-refractivity contribution in [3.05, 3.63) is 139 Å². The highest BCUT2D eigenvalue weighted by Gasteiger charge is 2.36. The maximum atomic E-state index is 6.61. The van der Waals surface area contributed by atoms with E-state index in [-0.39, 0.29) is 5.41 Å². The Balaban J connectivity index is 1.39. The fourth-order valence-electron chi connectivity index (χ4n) is 7.23. The third-order valence-corrected chi connectivity index (χ3v) is 9.20. The molecule has 2 nitrogen and oxygen atoms in total. The molecule has 194 valence electrons. The molecule has 0 spiro atoms. The van der Waals surface area contributed by atoms with E-state index < -0.39 is 0 Å². The Bertz CT molecular complexity index is 2330. The number of furan rings is 1. The smallest absolute Gasteiger partial charge is 0.137 e. The van der Waals surface area contributed by atoms with E-state index in [4.69, 9.17) is 4.42 Å². The second kappa shape index (κ2) is 7.99. The van der Waals surface area contributed by atoms with Crippen molar-refractivity contribution < 1.29 is 4.42 Å². The topological polar surface area (TPSA) is 18.1 Å². The number of aromatic nitrogens is 1. The van der Waals surface area contributed by atoms with Gasteiger partial charge in [-0.3, -0.25) is 0 Å². The Morgan fingerprint density at radius 3 is 2.20 bits per heavy atom. The van der Waals surface area contributed by atoms with Crippen LogP contribution in [0.4, 0.5) is 0 Å². The summed E-state index contributed by atoms with van der Waals surface area (Å²) in [5, 5.41) is 4.82. The van der Waals surface area contributed by atoms with Crippen LogP contribution in [0.15, 0.2) is 132 Å². The first-order valence-corrected chi connectivity index (χ1v) is 14.3. The van der Waals surface area contributed by atoms with Crippen LogP contribution >= 0.6 is 0 Å². The van der Waals surface area contributed by atoms with Gasteiger partial charge in [-0.1, -0.05) is 105 Å². The maximum absolute atomic E-state index is 6.61. The van der Waals surface area contributed by atoms with Gasteiger partial charge in [0.1, 0.15) is 11.2 Å². The summed E-state index contributed by atoms with van der Waals surface area (Å²) in [5.74, 6) is 0. The van der Waals surface area contributed by atoms with Gasteiger partial charge in [0.25, 0.3) is 0 Å². The van der Waals surface area contributed by atoms with Gasteiger partial charge in [0.2, 0.25) is 0 Å². The molecule has 2 aromatic heterocycles. The SMILES string of the molecule is CC1(C)c2ccccc2-c2cc3c(cc21)oc1cccc(-n2c4ccccc4c4ccc(-c5ccccc5)cc42)c13. The number of rotatable bonds is 2. The molecule has 0 fully saturated rings. The largest absolute Gasteiger partial charge is 0.456 e. The predicted octanol–water partition coefficient (Wildman–Crippen LogP) is 10.7. The molecule has 6 aromatic carbocycles. The third kappa shape index (κ3) is 3.02. The molecule has 0 aliphatic heterocycles. The Kier molecular flexibility index (Phi) is 4.42. The minimum Gasteiger partial charge on any atom is -0.456 e. The Morgan fingerprint density at radius 1 is 0.512 bits per heavy atom. The molecule has 2 heteroatoms. The van der Waals surface area contributed by atoms with Crippen LogP contribution in [0.25, 0.3) is 71.7 Å². The summed E-state index contributed by atoms with van der Waals surface area (Å²) < 4.78 is 9.04. The minimum absolute atomic E-state index is 0.0669. The van der Waals surface area contributed by atoms with Crippen molar-refractivity contribution in [1.82, 2.24) is 4.57 Å². The molecule has 0 unspecified atom stereocenters. The molecular weight excluding hydrogens is 498 g/mol. The van der Waals surface area contributed by atoms with Gasteiger partial charge in [-0.25, -0.2) is 0 Å². The van der Waals surface area contributed by atoms with Crippen molar-refractivity contribution in [3.8, 4) is 27.9 Å². The molecular formula is C39H27NO. The molecule has 8 aromatic rings. The Labute approximate surface area is 238 Å². The predicted molar refractivity (Wildman–Crippen MR) is 171 cm³/mol. The molecule has 1 aliphatic rings. The van der Waals surface area contributed by atoms with Crippen LogP contribution in [0, 0.1) is 0 Å². The number of para-hydroxylation sites is 1. The lowest BCUT2D eigenvalue weighted by atomic mass is 9.82. The molecule has 0 saturated heterocycles. The normalized spacial score (nSPS) is 13.8. The van der Waals surface area contributed by atoms with Gasteiger partial charge in [0.05, 0.1) is 22.1 Å². The highest BCUT2D eigenvalue weighted by atomic mass is 16.3. The van der Waals surface area contributed by atoms with E-state index in [9.17, 15) is 0 Å². The molecule has 41 heavy (non-hydrogen) atoms. The van der Waals surface area contributed by atoms with Gasteiger partial charge in [-0.2, -0.15) is 0 Å². The molecule has 0 atom stereocenters. The summed E-state index contributed by atoms with van der Waals surface area (Å²) in [4.78, 5) is 0. The van der Waals surface area contributed by atoms with Gasteiger partial charge in [0, 0.05) is 21.6 Å². The van der Waals surface area contributed by atoms with Crippen molar-refractivity contribution in [1.29, 1.82) is 0 Å². The fourth-order valence-corrected chi connectivity index (χ4v) is 7.23. The zero-order valence-electron chi connectivity index (χ0n) is 23.0. The van der Waals surface area contributed by atoms with Crippen LogP contribution in [0.2, 0.25) is 0 Å². The Morgan fingerprint density at radius 2 is 1.29 bits per heavy atom. The van der Waals surface area contributed by atoms with Gasteiger partial charge in [0.15, 0.2) is 0 Å². The average Bonchev–Trinajstić information content (AvgIpc) is 3.62. The summed E-state index contributed by atoms with van der Waals surface area (Å²) in [7, 11) is 0. The van der Waals surface area contributed by atoms with Gasteiger partial charge in [-0.05, 0) is 69.8 Å². The number of benzene rings is 6. The fraction of sp³-hybridized carbons (Fsp3) is 0.0769. The zero-order valence-corrected chi connectivity index (χ0v) is 23.0. The number of hydrogen-bond acceptors (Lipinski definition) is 1. The van der Waals surface area contributed by atoms with E-state index in [0.29, 0.717) is 0 Å². The molecule has 0 bridgehead atoms. The van der Waals surface area contributed by atoms with E-state index >= 15 is 0 Å². The Hall–Kier alpha value is -5.08. The second-order valence-corrected chi connectivity index (χ2v) is 11.8. The highest BCUT2D eigenvalue weighted by molar-refractivity contribution is 6.15. The third-order valence-electron chi connectivity index (χ3n) is 9.20. The van der Waals surface area contributed by atoms with E-state index in [1.807, 2.05) is 0 Å². The lowest BCUT2D eigenvalue weighted by molar-refractivity contribution is 0.647. The number of hydrogen-bond donors (Lipinski definition) is 0. The summed E-state index contributed by atoms with van der Waals surface area (Å²) in [6, 6.07) is 46.2. The lowest BCUT2D eigenvalue weighted by Crippen LogP contribution is -2.14. The maximum Gasteiger partial charge on any atom is 0.137 e. The molecule has 0 N–H and O–H groups in total. The van der Waals surface area contributed by atoms with E-state index in [1.54, 1.807) is 0 Å². The van der Waals surface area contributed by atoms with E-state index in [2.05, 4.69) is 146 Å². The van der Waals surface area contributed by atoms with Crippen molar-refractivity contribution in [2.75, 3.05) is 0 Å². The zero-order chi connectivity index (χ0) is 27.3. The summed E-state index contributed by atoms with van der Waals surface area (Å²) in [6.45, 7) is 4.64. The van der Waals surface area contributed by atoms with Crippen LogP contribution < -0.4 is 0 Å². The standard InChI is InChI=1S/C39H27NO/c1-39(2)31-15-8-6-13-26(31)29-22-30-37(23-32(29)39)41-36-18-10-17-34(38(30)36)40-33-16-9-7-14-27(33)28-20-19-25(21-35(28)40)24-11-4-3-5-12-24/h3-23H,1-2H3. The molecule has 9 rings (SSSR count). The van der Waals surface area contributed by atoms with Crippen LogP contribution in [0.1, 0.15) is 25.0 Å². The first kappa shape index (κ1) is 22.7. The molecule has 0 saturated carbocycles. The van der Waals surface area contributed by atoms with Crippen LogP contribution in [0.3, 0.4) is 0 Å². The van der Waals surface area contributed by atoms with Crippen LogP contribution in [0.5, 0.6) is 0 Å². The van der Waals surface area contributed by atoms with Crippen LogP contribution in [-0.4, -0.2) is 4.57 Å². The summed E-state index contributed by atoms with van der Waals surface area (Å²) >= 11 is 0. The van der Waals surface area contributed by atoms with Gasteiger partial charge >= 0.3 is 0 Å². The van der Waals surface area contributed by atoms with E-state index in [1.165, 1.54) is 55.2 Å². The van der Waals surface area contributed by atoms with Gasteiger partial charge < -0.3 is 8.98 Å². The van der Waals surface area contributed by atoms with E-state index in [0.717, 1.165) is 27.6 Å². The number of fused-ring (bicyclic) bond motifs is 9. The monoisotopic (exact) mass is 525 g/mol. The lowest BCUT2D eigenvalue weighted by Gasteiger charge is -2.21. The van der Waals surface area contributed by atoms with Gasteiger partial charge in [-0.15, -0.1) is 0 Å². The quantitative estimate of drug-likeness (QED) is 0.219. The first-order valence-electron chi connectivity index (χ1n) is 14.3.